The van der Waals surface area contributed by atoms with Crippen molar-refractivity contribution >= 4 is 17.2 Å². The molecular weight excluding hydrogens is 270 g/mol. The largest absolute Gasteiger partial charge is 0.391 e. The molecule has 112 valence electrons. The lowest BCUT2D eigenvalue weighted by atomic mass is 10.0. The Hall–Kier alpha value is -0.870. The van der Waals surface area contributed by atoms with Crippen LogP contribution in [-0.4, -0.2) is 23.7 Å². The van der Waals surface area contributed by atoms with Gasteiger partial charge < -0.3 is 10.4 Å². The molecule has 1 saturated carbocycles. The van der Waals surface area contributed by atoms with E-state index in [1.165, 1.54) is 22.6 Å². The molecule has 2 rings (SSSR count). The summed E-state index contributed by atoms with van der Waals surface area (Å²) in [5, 5.41) is 12.9. The normalized spacial score (nSPS) is 17.3. The van der Waals surface area contributed by atoms with Gasteiger partial charge in [0.1, 0.15) is 0 Å². The van der Waals surface area contributed by atoms with Crippen LogP contribution in [0.2, 0.25) is 0 Å². The molecule has 3 nitrogen and oxygen atoms in total. The Bertz CT molecular complexity index is 424. The van der Waals surface area contributed by atoms with E-state index < -0.39 is 0 Å². The van der Waals surface area contributed by atoms with Crippen LogP contribution in [0.1, 0.15) is 48.3 Å². The standard InChI is InChI=1S/C16H25NO2S/c1-12-9-10-14(20-12)7-4-8-16(19)17-11-15(18)13-5-2-3-6-13/h9-10,13,15,18H,2-8,11H2,1H3,(H,17,19). The number of hydrogen-bond donors (Lipinski definition) is 2. The highest BCUT2D eigenvalue weighted by Gasteiger charge is 2.23. The van der Waals surface area contributed by atoms with Crippen LogP contribution < -0.4 is 5.32 Å². The number of hydrogen-bond acceptors (Lipinski definition) is 3. The number of aliphatic hydroxyl groups excluding tert-OH is 1. The molecule has 4 heteroatoms. The van der Waals surface area contributed by atoms with E-state index in [-0.39, 0.29) is 12.0 Å². The van der Waals surface area contributed by atoms with Crippen molar-refractivity contribution in [2.45, 2.75) is 58.0 Å². The van der Waals surface area contributed by atoms with Gasteiger partial charge in [-0.2, -0.15) is 0 Å². The SMILES string of the molecule is Cc1ccc(CCCC(=O)NCC(O)C2CCCC2)s1. The number of thiophene rings is 1. The van der Waals surface area contributed by atoms with E-state index in [9.17, 15) is 9.90 Å². The Kier molecular flexibility index (Phi) is 6.05. The third-order valence-electron chi connectivity index (χ3n) is 4.08. The summed E-state index contributed by atoms with van der Waals surface area (Å²) in [4.78, 5) is 14.4. The van der Waals surface area contributed by atoms with Crippen molar-refractivity contribution in [3.8, 4) is 0 Å². The highest BCUT2D eigenvalue weighted by atomic mass is 32.1. The first-order valence-electron chi connectivity index (χ1n) is 7.65. The summed E-state index contributed by atoms with van der Waals surface area (Å²) >= 11 is 1.80. The van der Waals surface area contributed by atoms with E-state index in [1.807, 2.05) is 0 Å². The maximum atomic E-state index is 11.7. The van der Waals surface area contributed by atoms with E-state index >= 15 is 0 Å². The van der Waals surface area contributed by atoms with E-state index in [1.54, 1.807) is 11.3 Å². The molecule has 1 amide bonds. The van der Waals surface area contributed by atoms with Gasteiger partial charge in [0, 0.05) is 22.7 Å². The fraction of sp³-hybridized carbons (Fsp3) is 0.688. The maximum absolute atomic E-state index is 11.7. The van der Waals surface area contributed by atoms with Gasteiger partial charge >= 0.3 is 0 Å². The molecule has 0 aromatic carbocycles. The Labute approximate surface area is 125 Å². The van der Waals surface area contributed by atoms with E-state index in [2.05, 4.69) is 24.4 Å². The second-order valence-corrected chi connectivity index (χ2v) is 7.15. The summed E-state index contributed by atoms with van der Waals surface area (Å²) in [6.07, 6.45) is 6.69. The van der Waals surface area contributed by atoms with Gasteiger partial charge in [-0.25, -0.2) is 0 Å². The Morgan fingerprint density at radius 1 is 1.45 bits per heavy atom. The van der Waals surface area contributed by atoms with Gasteiger partial charge in [-0.1, -0.05) is 12.8 Å². The van der Waals surface area contributed by atoms with Crippen LogP contribution in [0.15, 0.2) is 12.1 Å². The lowest BCUT2D eigenvalue weighted by Gasteiger charge is -2.17. The summed E-state index contributed by atoms with van der Waals surface area (Å²) < 4.78 is 0. The van der Waals surface area contributed by atoms with Crippen LogP contribution in [0.5, 0.6) is 0 Å². The summed E-state index contributed by atoms with van der Waals surface area (Å²) in [6.45, 7) is 2.52. The molecule has 1 aliphatic carbocycles. The van der Waals surface area contributed by atoms with Crippen LogP contribution in [-0.2, 0) is 11.2 Å². The van der Waals surface area contributed by atoms with Gasteiger partial charge in [0.25, 0.3) is 0 Å². The Morgan fingerprint density at radius 2 is 2.20 bits per heavy atom. The molecule has 1 aromatic heterocycles. The molecule has 1 aromatic rings. The third-order valence-corrected chi connectivity index (χ3v) is 5.14. The zero-order valence-electron chi connectivity index (χ0n) is 12.2. The molecule has 0 saturated heterocycles. The molecule has 1 heterocycles. The van der Waals surface area contributed by atoms with Gasteiger partial charge in [-0.3, -0.25) is 4.79 Å². The second kappa shape index (κ2) is 7.79. The lowest BCUT2D eigenvalue weighted by molar-refractivity contribution is -0.121. The number of carbonyl (C=O) groups is 1. The smallest absolute Gasteiger partial charge is 0.220 e. The minimum absolute atomic E-state index is 0.0651. The molecular formula is C16H25NO2S. The number of amides is 1. The van der Waals surface area contributed by atoms with E-state index in [4.69, 9.17) is 0 Å². The number of rotatable bonds is 7. The van der Waals surface area contributed by atoms with Gasteiger partial charge in [0.2, 0.25) is 5.91 Å². The van der Waals surface area contributed by atoms with Crippen molar-refractivity contribution in [1.82, 2.24) is 5.32 Å². The number of aliphatic hydroxyl groups is 1. The molecule has 0 spiro atoms. The van der Waals surface area contributed by atoms with Crippen molar-refractivity contribution < 1.29 is 9.90 Å². The topological polar surface area (TPSA) is 49.3 Å². The summed E-state index contributed by atoms with van der Waals surface area (Å²) in [5.74, 6) is 0.458. The van der Waals surface area contributed by atoms with Crippen molar-refractivity contribution in [1.29, 1.82) is 0 Å². The van der Waals surface area contributed by atoms with Crippen LogP contribution in [0, 0.1) is 12.8 Å². The molecule has 0 radical (unpaired) electrons. The molecule has 20 heavy (non-hydrogen) atoms. The quantitative estimate of drug-likeness (QED) is 0.812. The van der Waals surface area contributed by atoms with Gasteiger partial charge in [0.15, 0.2) is 0 Å². The molecule has 0 aliphatic heterocycles. The predicted molar refractivity (Wildman–Crippen MR) is 83.0 cm³/mol. The summed E-state index contributed by atoms with van der Waals surface area (Å²) in [5.41, 5.74) is 0. The molecule has 0 bridgehead atoms. The zero-order chi connectivity index (χ0) is 14.4. The van der Waals surface area contributed by atoms with Gasteiger partial charge in [-0.05, 0) is 50.7 Å². The first-order valence-corrected chi connectivity index (χ1v) is 8.47. The zero-order valence-corrected chi connectivity index (χ0v) is 13.0. The number of aryl methyl sites for hydroxylation is 2. The number of nitrogens with one attached hydrogen (secondary N) is 1. The molecule has 1 atom stereocenters. The number of carbonyl (C=O) groups excluding carboxylic acids is 1. The highest BCUT2D eigenvalue weighted by Crippen LogP contribution is 2.27. The van der Waals surface area contributed by atoms with Crippen molar-refractivity contribution in [2.75, 3.05) is 6.54 Å². The van der Waals surface area contributed by atoms with E-state index in [0.29, 0.717) is 18.9 Å². The Balaban J connectivity index is 1.58. The fourth-order valence-electron chi connectivity index (χ4n) is 2.86. The fourth-order valence-corrected chi connectivity index (χ4v) is 3.79. The second-order valence-electron chi connectivity index (χ2n) is 5.78. The molecule has 1 aliphatic rings. The van der Waals surface area contributed by atoms with E-state index in [0.717, 1.165) is 25.7 Å². The van der Waals surface area contributed by atoms with Crippen molar-refractivity contribution in [3.63, 3.8) is 0 Å². The molecule has 2 N–H and O–H groups in total. The van der Waals surface area contributed by atoms with Crippen LogP contribution >= 0.6 is 11.3 Å². The predicted octanol–water partition coefficient (Wildman–Crippen LogP) is 3.05. The maximum Gasteiger partial charge on any atom is 0.220 e. The summed E-state index contributed by atoms with van der Waals surface area (Å²) in [6, 6.07) is 4.26. The first-order chi connectivity index (χ1) is 9.65. The van der Waals surface area contributed by atoms with Gasteiger partial charge in [-0.15, -0.1) is 11.3 Å². The monoisotopic (exact) mass is 295 g/mol. The van der Waals surface area contributed by atoms with Crippen molar-refractivity contribution in [2.24, 2.45) is 5.92 Å². The third kappa shape index (κ3) is 4.91. The Morgan fingerprint density at radius 3 is 2.85 bits per heavy atom. The van der Waals surface area contributed by atoms with Crippen LogP contribution in [0.4, 0.5) is 0 Å². The van der Waals surface area contributed by atoms with Gasteiger partial charge in [0.05, 0.1) is 6.10 Å². The lowest BCUT2D eigenvalue weighted by Crippen LogP contribution is -2.35. The van der Waals surface area contributed by atoms with Crippen molar-refractivity contribution in [3.05, 3.63) is 21.9 Å². The molecule has 1 fully saturated rings. The minimum atomic E-state index is -0.360. The highest BCUT2D eigenvalue weighted by molar-refractivity contribution is 7.11. The average molecular weight is 295 g/mol. The molecule has 1 unspecified atom stereocenters. The van der Waals surface area contributed by atoms with Crippen LogP contribution in [0.3, 0.4) is 0 Å². The summed E-state index contributed by atoms with van der Waals surface area (Å²) in [7, 11) is 0. The minimum Gasteiger partial charge on any atom is -0.391 e. The average Bonchev–Trinajstić information content (AvgIpc) is 3.07. The first kappa shape index (κ1) is 15.5. The van der Waals surface area contributed by atoms with Crippen LogP contribution in [0.25, 0.3) is 0 Å².